The number of carbonyl (C=O) groups is 1. The second-order valence-electron chi connectivity index (χ2n) is 6.90. The minimum absolute atomic E-state index is 0.417. The fourth-order valence-electron chi connectivity index (χ4n) is 3.41. The van der Waals surface area contributed by atoms with Gasteiger partial charge in [-0.25, -0.2) is 4.79 Å². The molecule has 1 aromatic carbocycles. The molecule has 3 atom stereocenters. The summed E-state index contributed by atoms with van der Waals surface area (Å²) in [6.45, 7) is 2.24. The molecule has 4 nitrogen and oxygen atoms in total. The Morgan fingerprint density at radius 2 is 1.73 bits per heavy atom. The largest absolute Gasteiger partial charge is 0.490 e. The van der Waals surface area contributed by atoms with E-state index in [1.54, 1.807) is 0 Å². The molecule has 0 aliphatic carbocycles. The molecule has 0 amide bonds. The number of unbranched alkanes of at least 4 members (excludes halogenated alkanes) is 1. The molecule has 2 heterocycles. The SMILES string of the molecule is CCCCc1ccc(O[C@@H]2C[C@H]3CC[C@@H](C2)N3)cc1.O=C(O)C(F)(F)F. The second-order valence-corrected chi connectivity index (χ2v) is 6.90. The quantitative estimate of drug-likeness (QED) is 0.807. The smallest absolute Gasteiger partial charge is 0.490 e. The number of piperidine rings is 1. The number of rotatable bonds is 5. The van der Waals surface area contributed by atoms with E-state index in [-0.39, 0.29) is 0 Å². The van der Waals surface area contributed by atoms with Gasteiger partial charge in [0.2, 0.25) is 0 Å². The summed E-state index contributed by atoms with van der Waals surface area (Å²) in [4.78, 5) is 8.90. The highest BCUT2D eigenvalue weighted by Gasteiger charge is 2.38. The van der Waals surface area contributed by atoms with Crippen LogP contribution < -0.4 is 10.1 Å². The van der Waals surface area contributed by atoms with Crippen LogP contribution in [-0.2, 0) is 11.2 Å². The van der Waals surface area contributed by atoms with Crippen LogP contribution in [0.2, 0.25) is 0 Å². The van der Waals surface area contributed by atoms with Gasteiger partial charge in [0.25, 0.3) is 0 Å². The van der Waals surface area contributed by atoms with Gasteiger partial charge in [-0.3, -0.25) is 0 Å². The fourth-order valence-corrected chi connectivity index (χ4v) is 3.41. The zero-order valence-corrected chi connectivity index (χ0v) is 14.9. The van der Waals surface area contributed by atoms with Gasteiger partial charge < -0.3 is 15.2 Å². The number of fused-ring (bicyclic) bond motifs is 2. The fraction of sp³-hybridized carbons (Fsp3) is 0.632. The van der Waals surface area contributed by atoms with E-state index >= 15 is 0 Å². The number of alkyl halides is 3. The third-order valence-electron chi connectivity index (χ3n) is 4.72. The Labute approximate surface area is 151 Å². The minimum atomic E-state index is -5.08. The summed E-state index contributed by atoms with van der Waals surface area (Å²) in [6, 6.07) is 10.1. The number of aliphatic carboxylic acids is 1. The molecule has 2 saturated heterocycles. The molecule has 2 N–H and O–H groups in total. The van der Waals surface area contributed by atoms with Crippen molar-refractivity contribution in [3.63, 3.8) is 0 Å². The number of carboxylic acids is 1. The Hall–Kier alpha value is -1.76. The van der Waals surface area contributed by atoms with Crippen molar-refractivity contribution < 1.29 is 27.8 Å². The molecule has 0 radical (unpaired) electrons. The predicted molar refractivity (Wildman–Crippen MR) is 92.3 cm³/mol. The molecule has 2 aliphatic heterocycles. The van der Waals surface area contributed by atoms with Crippen LogP contribution in [-0.4, -0.2) is 35.4 Å². The Balaban J connectivity index is 0.000000298. The summed E-state index contributed by atoms with van der Waals surface area (Å²) in [5, 5.41) is 10.8. The molecule has 0 unspecified atom stereocenters. The summed E-state index contributed by atoms with van der Waals surface area (Å²) in [5.74, 6) is -1.71. The number of hydrogen-bond donors (Lipinski definition) is 2. The minimum Gasteiger partial charge on any atom is -0.490 e. The number of carboxylic acid groups (broad SMARTS) is 1. The number of ether oxygens (including phenoxy) is 1. The van der Waals surface area contributed by atoms with Crippen LogP contribution in [0.1, 0.15) is 51.0 Å². The molecule has 146 valence electrons. The maximum atomic E-state index is 10.6. The first-order chi connectivity index (χ1) is 12.3. The van der Waals surface area contributed by atoms with Crippen LogP contribution in [0.25, 0.3) is 0 Å². The lowest BCUT2D eigenvalue weighted by molar-refractivity contribution is -0.192. The normalized spacial score (nSPS) is 24.5. The van der Waals surface area contributed by atoms with Crippen molar-refractivity contribution in [2.75, 3.05) is 0 Å². The zero-order chi connectivity index (χ0) is 19.2. The molecule has 2 aliphatic rings. The van der Waals surface area contributed by atoms with Gasteiger partial charge in [-0.15, -0.1) is 0 Å². The standard InChI is InChI=1S/C17H25NO.C2HF3O2/c1-2-3-4-13-5-9-16(10-6-13)19-17-11-14-7-8-15(12-17)18-14;3-2(4,5)1(6)7/h5-6,9-10,14-15,17-18H,2-4,7-8,11-12H2,1H3;(H,6,7)/t14-,15+,17-;. The molecule has 0 spiro atoms. The van der Waals surface area contributed by atoms with Crippen LogP contribution >= 0.6 is 0 Å². The number of hydrogen-bond acceptors (Lipinski definition) is 3. The number of nitrogens with one attached hydrogen (secondary N) is 1. The number of aryl methyl sites for hydroxylation is 1. The van der Waals surface area contributed by atoms with Crippen LogP contribution in [0.4, 0.5) is 13.2 Å². The molecule has 7 heteroatoms. The van der Waals surface area contributed by atoms with Gasteiger partial charge in [0, 0.05) is 12.1 Å². The van der Waals surface area contributed by atoms with Crippen molar-refractivity contribution in [2.45, 2.75) is 76.2 Å². The summed E-state index contributed by atoms with van der Waals surface area (Å²) < 4.78 is 37.9. The van der Waals surface area contributed by atoms with E-state index in [0.29, 0.717) is 18.2 Å². The molecule has 26 heavy (non-hydrogen) atoms. The monoisotopic (exact) mass is 373 g/mol. The Kier molecular flexibility index (Phi) is 7.32. The average Bonchev–Trinajstić information content (AvgIpc) is 2.92. The summed E-state index contributed by atoms with van der Waals surface area (Å²) in [6.07, 6.45) is 4.07. The van der Waals surface area contributed by atoms with Crippen molar-refractivity contribution in [3.8, 4) is 5.75 Å². The van der Waals surface area contributed by atoms with E-state index in [0.717, 1.165) is 5.75 Å². The summed E-state index contributed by atoms with van der Waals surface area (Å²) in [5.41, 5.74) is 1.43. The zero-order valence-electron chi connectivity index (χ0n) is 14.9. The molecule has 2 fully saturated rings. The first-order valence-electron chi connectivity index (χ1n) is 9.09. The van der Waals surface area contributed by atoms with E-state index in [4.69, 9.17) is 14.6 Å². The molecular weight excluding hydrogens is 347 g/mol. The van der Waals surface area contributed by atoms with Crippen LogP contribution in [0, 0.1) is 0 Å². The Bertz CT molecular complexity index is 562. The van der Waals surface area contributed by atoms with Gasteiger partial charge in [-0.05, 0) is 56.2 Å². The molecule has 2 bridgehead atoms. The van der Waals surface area contributed by atoms with Gasteiger partial charge in [-0.2, -0.15) is 13.2 Å². The van der Waals surface area contributed by atoms with Crippen LogP contribution in [0.5, 0.6) is 5.75 Å². The lowest BCUT2D eigenvalue weighted by Crippen LogP contribution is -2.42. The molecule has 1 aromatic rings. The van der Waals surface area contributed by atoms with Gasteiger partial charge in [0.1, 0.15) is 11.9 Å². The van der Waals surface area contributed by atoms with Gasteiger partial charge in [0.05, 0.1) is 0 Å². The predicted octanol–water partition coefficient (Wildman–Crippen LogP) is 4.32. The number of benzene rings is 1. The van der Waals surface area contributed by atoms with Crippen molar-refractivity contribution in [1.29, 1.82) is 0 Å². The van der Waals surface area contributed by atoms with Crippen molar-refractivity contribution in [2.24, 2.45) is 0 Å². The summed E-state index contributed by atoms with van der Waals surface area (Å²) in [7, 11) is 0. The van der Waals surface area contributed by atoms with Crippen molar-refractivity contribution >= 4 is 5.97 Å². The van der Waals surface area contributed by atoms with E-state index in [1.807, 2.05) is 0 Å². The molecule has 0 saturated carbocycles. The van der Waals surface area contributed by atoms with Gasteiger partial charge in [0.15, 0.2) is 0 Å². The third kappa shape index (κ3) is 6.52. The summed E-state index contributed by atoms with van der Waals surface area (Å²) >= 11 is 0. The van der Waals surface area contributed by atoms with E-state index in [1.165, 1.54) is 50.5 Å². The number of halogens is 3. The maximum Gasteiger partial charge on any atom is 0.490 e. The van der Waals surface area contributed by atoms with E-state index < -0.39 is 12.1 Å². The van der Waals surface area contributed by atoms with Crippen LogP contribution in [0.3, 0.4) is 0 Å². The van der Waals surface area contributed by atoms with Crippen molar-refractivity contribution in [3.05, 3.63) is 29.8 Å². The van der Waals surface area contributed by atoms with Crippen molar-refractivity contribution in [1.82, 2.24) is 5.32 Å². The van der Waals surface area contributed by atoms with E-state index in [2.05, 4.69) is 36.5 Å². The van der Waals surface area contributed by atoms with Crippen LogP contribution in [0.15, 0.2) is 24.3 Å². The lowest BCUT2D eigenvalue weighted by atomic mass is 10.0. The Morgan fingerprint density at radius 1 is 1.19 bits per heavy atom. The van der Waals surface area contributed by atoms with Gasteiger partial charge in [-0.1, -0.05) is 25.5 Å². The molecule has 3 rings (SSSR count). The molecule has 0 aromatic heterocycles. The molecular formula is C19H26F3NO3. The first kappa shape index (κ1) is 20.6. The highest BCUT2D eigenvalue weighted by atomic mass is 19.4. The lowest BCUT2D eigenvalue weighted by Gasteiger charge is -2.29. The Morgan fingerprint density at radius 3 is 2.19 bits per heavy atom. The van der Waals surface area contributed by atoms with E-state index in [9.17, 15) is 13.2 Å². The maximum absolute atomic E-state index is 10.6. The second kappa shape index (κ2) is 9.26. The topological polar surface area (TPSA) is 58.6 Å². The highest BCUT2D eigenvalue weighted by molar-refractivity contribution is 5.73. The first-order valence-corrected chi connectivity index (χ1v) is 9.09. The third-order valence-corrected chi connectivity index (χ3v) is 4.72. The average molecular weight is 373 g/mol. The highest BCUT2D eigenvalue weighted by Crippen LogP contribution is 2.29. The van der Waals surface area contributed by atoms with Gasteiger partial charge >= 0.3 is 12.1 Å².